The molecule has 0 saturated carbocycles. The Kier molecular flexibility index (Phi) is 2.28. The minimum Gasteiger partial charge on any atom is -0.406 e. The van der Waals surface area contributed by atoms with Crippen molar-refractivity contribution in [2.75, 3.05) is 0 Å². The van der Waals surface area contributed by atoms with Gasteiger partial charge in [-0.3, -0.25) is 0 Å². The highest BCUT2D eigenvalue weighted by molar-refractivity contribution is 6.23. The normalized spacial score (nSPS) is 11.8. The quantitative estimate of drug-likeness (QED) is 0.571. The highest BCUT2D eigenvalue weighted by Gasteiger charge is 1.82. The molecule has 0 unspecified atom stereocenters. The lowest BCUT2D eigenvalue weighted by atomic mass is 10.2. The Balaban J connectivity index is 2.87. The van der Waals surface area contributed by atoms with E-state index in [1.807, 2.05) is 36.4 Å². The van der Waals surface area contributed by atoms with Crippen LogP contribution in [0, 0.1) is 0 Å². The molecule has 1 rings (SSSR count). The molecule has 0 aliphatic heterocycles. The van der Waals surface area contributed by atoms with Crippen molar-refractivity contribution in [1.29, 1.82) is 0 Å². The minimum absolute atomic E-state index is 0.943. The summed E-state index contributed by atoms with van der Waals surface area (Å²) in [6.45, 7) is 0. The summed E-state index contributed by atoms with van der Waals surface area (Å²) >= 11 is 0. The van der Waals surface area contributed by atoms with Crippen LogP contribution >= 0.6 is 0 Å². The Morgan fingerprint density at radius 3 is 2.40 bits per heavy atom. The molecular formula is C8H11NSi. The van der Waals surface area contributed by atoms with E-state index in [1.165, 1.54) is 5.56 Å². The van der Waals surface area contributed by atoms with Gasteiger partial charge in [-0.2, -0.15) is 0 Å². The van der Waals surface area contributed by atoms with Crippen LogP contribution in [0.4, 0.5) is 0 Å². The Morgan fingerprint density at radius 2 is 1.90 bits per heavy atom. The summed E-state index contributed by atoms with van der Waals surface area (Å²) in [5, 5.41) is 0.978. The second kappa shape index (κ2) is 3.22. The summed E-state index contributed by atoms with van der Waals surface area (Å²) < 4.78 is 0. The van der Waals surface area contributed by atoms with Gasteiger partial charge in [0.15, 0.2) is 0 Å². The summed E-state index contributed by atoms with van der Waals surface area (Å²) in [5.74, 6) is 0. The van der Waals surface area contributed by atoms with Crippen molar-refractivity contribution in [1.82, 2.24) is 0 Å². The zero-order valence-electron chi connectivity index (χ0n) is 6.04. The number of hydrogen-bond acceptors (Lipinski definition) is 1. The fraction of sp³-hybridized carbons (Fsp3) is 0. The first-order valence-electron chi connectivity index (χ1n) is 3.28. The number of benzene rings is 1. The van der Waals surface area contributed by atoms with Crippen LogP contribution in [0.25, 0.3) is 6.08 Å². The van der Waals surface area contributed by atoms with Crippen LogP contribution < -0.4 is 5.73 Å². The monoisotopic (exact) mass is 149 g/mol. The van der Waals surface area contributed by atoms with Crippen LogP contribution in [-0.4, -0.2) is 10.2 Å². The average molecular weight is 149 g/mol. The van der Waals surface area contributed by atoms with Gasteiger partial charge in [0, 0.05) is 0 Å². The molecule has 0 saturated heterocycles. The second-order valence-corrected chi connectivity index (χ2v) is 3.45. The summed E-state index contributed by atoms with van der Waals surface area (Å²) in [6, 6.07) is 10.1. The maximum atomic E-state index is 5.55. The molecule has 0 spiro atoms. The molecule has 1 nitrogen and oxygen atoms in total. The first-order chi connectivity index (χ1) is 4.79. The van der Waals surface area contributed by atoms with Gasteiger partial charge in [0.1, 0.15) is 0 Å². The largest absolute Gasteiger partial charge is 0.406 e. The van der Waals surface area contributed by atoms with E-state index in [9.17, 15) is 0 Å². The summed E-state index contributed by atoms with van der Waals surface area (Å²) in [7, 11) is 0.943. The smallest absolute Gasteiger partial charge is 0.0585 e. The fourth-order valence-corrected chi connectivity index (χ4v) is 1.15. The Bertz CT molecular complexity index is 224. The van der Waals surface area contributed by atoms with Crippen LogP contribution in [0.3, 0.4) is 0 Å². The van der Waals surface area contributed by atoms with Gasteiger partial charge < -0.3 is 5.73 Å². The molecule has 1 aromatic carbocycles. The molecule has 0 radical (unpaired) electrons. The lowest BCUT2D eigenvalue weighted by molar-refractivity contribution is 1.55. The van der Waals surface area contributed by atoms with Gasteiger partial charge in [-0.05, 0) is 17.0 Å². The SMILES string of the molecule is NC([SiH3])=Cc1ccccc1. The fourth-order valence-electron chi connectivity index (χ4n) is 0.812. The molecule has 0 heterocycles. The van der Waals surface area contributed by atoms with Crippen molar-refractivity contribution in [2.24, 2.45) is 5.73 Å². The molecular weight excluding hydrogens is 138 g/mol. The van der Waals surface area contributed by atoms with Crippen LogP contribution in [0.2, 0.25) is 0 Å². The first kappa shape index (κ1) is 7.09. The molecule has 0 aliphatic carbocycles. The van der Waals surface area contributed by atoms with E-state index in [-0.39, 0.29) is 0 Å². The standard InChI is InChI=1S/C8H11NSi/c9-8(10)6-7-4-2-1-3-5-7/h1-6H,9H2,10H3. The maximum Gasteiger partial charge on any atom is 0.0585 e. The highest BCUT2D eigenvalue weighted by Crippen LogP contribution is 2.00. The number of nitrogens with two attached hydrogens (primary N) is 1. The van der Waals surface area contributed by atoms with E-state index in [2.05, 4.69) is 0 Å². The number of hydrogen-bond donors (Lipinski definition) is 1. The van der Waals surface area contributed by atoms with Crippen molar-refractivity contribution >= 4 is 16.3 Å². The zero-order chi connectivity index (χ0) is 7.40. The molecule has 2 N–H and O–H groups in total. The lowest BCUT2D eigenvalue weighted by Crippen LogP contribution is -1.93. The minimum atomic E-state index is 0.943. The molecule has 0 aromatic heterocycles. The molecule has 1 aromatic rings. The third-order valence-corrected chi connectivity index (χ3v) is 1.48. The predicted molar refractivity (Wildman–Crippen MR) is 48.5 cm³/mol. The molecule has 0 fully saturated rings. The van der Waals surface area contributed by atoms with Gasteiger partial charge in [-0.25, -0.2) is 0 Å². The molecule has 0 bridgehead atoms. The van der Waals surface area contributed by atoms with E-state index < -0.39 is 0 Å². The van der Waals surface area contributed by atoms with Crippen LogP contribution in [0.5, 0.6) is 0 Å². The summed E-state index contributed by atoms with van der Waals surface area (Å²) in [6.07, 6.45) is 2.01. The van der Waals surface area contributed by atoms with Crippen LogP contribution in [0.1, 0.15) is 5.56 Å². The van der Waals surface area contributed by atoms with E-state index in [1.54, 1.807) is 0 Å². The van der Waals surface area contributed by atoms with Crippen molar-refractivity contribution in [3.63, 3.8) is 0 Å². The average Bonchev–Trinajstić information content (AvgIpc) is 1.88. The van der Waals surface area contributed by atoms with Crippen molar-refractivity contribution < 1.29 is 0 Å². The van der Waals surface area contributed by atoms with E-state index in [0.717, 1.165) is 15.6 Å². The van der Waals surface area contributed by atoms with Crippen molar-refractivity contribution in [2.45, 2.75) is 0 Å². The molecule has 0 amide bonds. The van der Waals surface area contributed by atoms with Crippen molar-refractivity contribution in [3.8, 4) is 0 Å². The van der Waals surface area contributed by atoms with E-state index in [4.69, 9.17) is 5.73 Å². The Hall–Kier alpha value is -1.02. The Morgan fingerprint density at radius 1 is 1.30 bits per heavy atom. The van der Waals surface area contributed by atoms with Gasteiger partial charge in [0.2, 0.25) is 0 Å². The van der Waals surface area contributed by atoms with Gasteiger partial charge in [-0.1, -0.05) is 30.3 Å². The summed E-state index contributed by atoms with van der Waals surface area (Å²) in [5.41, 5.74) is 6.74. The third kappa shape index (κ3) is 2.07. The van der Waals surface area contributed by atoms with Gasteiger partial charge in [0.25, 0.3) is 0 Å². The highest BCUT2D eigenvalue weighted by atomic mass is 28.1. The van der Waals surface area contributed by atoms with Gasteiger partial charge in [0.05, 0.1) is 10.2 Å². The van der Waals surface area contributed by atoms with E-state index in [0.29, 0.717) is 0 Å². The van der Waals surface area contributed by atoms with E-state index >= 15 is 0 Å². The molecule has 52 valence electrons. The van der Waals surface area contributed by atoms with Crippen LogP contribution in [0.15, 0.2) is 35.7 Å². The topological polar surface area (TPSA) is 26.0 Å². The first-order valence-corrected chi connectivity index (χ1v) is 4.28. The lowest BCUT2D eigenvalue weighted by Gasteiger charge is -1.91. The molecule has 10 heavy (non-hydrogen) atoms. The second-order valence-electron chi connectivity index (χ2n) is 2.30. The molecule has 2 heteroatoms. The maximum absolute atomic E-state index is 5.55. The summed E-state index contributed by atoms with van der Waals surface area (Å²) in [4.78, 5) is 0. The van der Waals surface area contributed by atoms with Crippen LogP contribution in [-0.2, 0) is 0 Å². The number of rotatable bonds is 1. The predicted octanol–water partition coefficient (Wildman–Crippen LogP) is 0.309. The van der Waals surface area contributed by atoms with Gasteiger partial charge >= 0.3 is 0 Å². The molecule has 0 aliphatic rings. The van der Waals surface area contributed by atoms with Crippen molar-refractivity contribution in [3.05, 3.63) is 41.2 Å². The Labute approximate surface area is 64.0 Å². The molecule has 0 atom stereocenters. The third-order valence-electron chi connectivity index (χ3n) is 1.19. The van der Waals surface area contributed by atoms with Gasteiger partial charge in [-0.15, -0.1) is 0 Å². The zero-order valence-corrected chi connectivity index (χ0v) is 8.04.